The zero-order chi connectivity index (χ0) is 33.6. The van der Waals surface area contributed by atoms with Gasteiger partial charge in [0, 0.05) is 55.5 Å². The summed E-state index contributed by atoms with van der Waals surface area (Å²) in [5.74, 6) is -0.551. The summed E-state index contributed by atoms with van der Waals surface area (Å²) in [7, 11) is 0. The van der Waals surface area contributed by atoms with Crippen LogP contribution in [0.5, 0.6) is 0 Å². The van der Waals surface area contributed by atoms with Gasteiger partial charge in [-0.3, -0.25) is 18.8 Å². The number of benzene rings is 2. The highest BCUT2D eigenvalue weighted by atomic mass is 35.5. The van der Waals surface area contributed by atoms with Crippen molar-refractivity contribution in [1.29, 1.82) is 0 Å². The number of amides is 3. The summed E-state index contributed by atoms with van der Waals surface area (Å²) in [6.07, 6.45) is 2.03. The van der Waals surface area contributed by atoms with E-state index in [4.69, 9.17) is 38.7 Å². The van der Waals surface area contributed by atoms with E-state index in [2.05, 4.69) is 4.90 Å². The second-order valence-corrected chi connectivity index (χ2v) is 15.2. The lowest BCUT2D eigenvalue weighted by Gasteiger charge is -2.37. The summed E-state index contributed by atoms with van der Waals surface area (Å²) in [5.41, 5.74) is 8.19. The second-order valence-electron chi connectivity index (χ2n) is 12.3. The number of thiazole rings is 1. The van der Waals surface area contributed by atoms with E-state index in [9.17, 15) is 14.4 Å². The first-order valence-electron chi connectivity index (χ1n) is 15.3. The molecule has 0 radical (unpaired) electrons. The molecule has 2 aromatic carbocycles. The molecule has 2 N–H and O–H groups in total. The average Bonchev–Trinajstić information content (AvgIpc) is 3.46. The lowest BCUT2D eigenvalue weighted by atomic mass is 10.0. The SMILES string of the molecule is CCC[C@H](N)C(=O)N(C(=O)OC(C)(C)C)c1cccc(-c2csc(SN(C(C)=O)C3CCN(Cc4ccc(Cl)c(Cl)c4)CC3)n2)c1. The highest BCUT2D eigenvalue weighted by Gasteiger charge is 2.32. The molecule has 1 aliphatic heterocycles. The Morgan fingerprint density at radius 1 is 1.13 bits per heavy atom. The van der Waals surface area contributed by atoms with Gasteiger partial charge in [-0.2, -0.15) is 0 Å². The van der Waals surface area contributed by atoms with E-state index in [1.807, 2.05) is 40.9 Å². The van der Waals surface area contributed by atoms with Crippen molar-refractivity contribution in [2.75, 3.05) is 18.0 Å². The van der Waals surface area contributed by atoms with Gasteiger partial charge >= 0.3 is 6.09 Å². The molecule has 46 heavy (non-hydrogen) atoms. The maximum absolute atomic E-state index is 13.3. The number of nitrogens with zero attached hydrogens (tertiary/aromatic N) is 4. The molecule has 0 unspecified atom stereocenters. The van der Waals surface area contributed by atoms with Crippen molar-refractivity contribution in [2.45, 2.75) is 88.9 Å². The summed E-state index contributed by atoms with van der Waals surface area (Å²) < 4.78 is 8.11. The number of likely N-dealkylation sites (tertiary alicyclic amines) is 1. The third-order valence-electron chi connectivity index (χ3n) is 7.36. The first kappa shape index (κ1) is 36.2. The van der Waals surface area contributed by atoms with Crippen LogP contribution in [0.2, 0.25) is 10.0 Å². The van der Waals surface area contributed by atoms with Gasteiger partial charge in [0.15, 0.2) is 4.34 Å². The molecular formula is C33H41Cl2N5O4S2. The van der Waals surface area contributed by atoms with Crippen molar-refractivity contribution in [3.8, 4) is 11.3 Å². The molecule has 1 fully saturated rings. The minimum absolute atomic E-state index is 0.0263. The molecule has 13 heteroatoms. The Hall–Kier alpha value is -2.67. The number of imide groups is 1. The van der Waals surface area contributed by atoms with Gasteiger partial charge < -0.3 is 10.5 Å². The van der Waals surface area contributed by atoms with Crippen molar-refractivity contribution in [2.24, 2.45) is 5.73 Å². The summed E-state index contributed by atoms with van der Waals surface area (Å²) in [5, 5.41) is 3.00. The predicted octanol–water partition coefficient (Wildman–Crippen LogP) is 8.03. The van der Waals surface area contributed by atoms with Crippen LogP contribution in [0, 0.1) is 0 Å². The van der Waals surface area contributed by atoms with Crippen molar-refractivity contribution >= 4 is 70.1 Å². The second kappa shape index (κ2) is 16.0. The van der Waals surface area contributed by atoms with Crippen LogP contribution in [-0.2, 0) is 20.9 Å². The summed E-state index contributed by atoms with van der Waals surface area (Å²) in [6, 6.07) is 12.0. The van der Waals surface area contributed by atoms with E-state index in [1.54, 1.807) is 45.9 Å². The fourth-order valence-electron chi connectivity index (χ4n) is 5.15. The number of halogens is 2. The first-order valence-corrected chi connectivity index (χ1v) is 17.7. The van der Waals surface area contributed by atoms with E-state index in [1.165, 1.54) is 23.3 Å². The Bertz CT molecular complexity index is 1540. The molecule has 3 amide bonds. The zero-order valence-electron chi connectivity index (χ0n) is 26.8. The summed E-state index contributed by atoms with van der Waals surface area (Å²) in [6.45, 7) is 11.2. The number of nitrogens with two attached hydrogens (primary N) is 1. The first-order chi connectivity index (χ1) is 21.8. The molecule has 0 bridgehead atoms. The molecule has 0 saturated carbocycles. The Balaban J connectivity index is 1.46. The molecule has 1 atom stereocenters. The number of hydrogen-bond acceptors (Lipinski definition) is 9. The smallest absolute Gasteiger partial charge is 0.421 e. The Labute approximate surface area is 289 Å². The fourth-order valence-corrected chi connectivity index (χ4v) is 7.38. The standard InChI is InChI=1S/C33H41Cl2N5O4S2/c1-6-8-28(36)30(42)39(32(43)44-33(3,4)5)25-10-7-9-23(18-25)29-20-45-31(37-29)46-40(21(2)41)24-13-15-38(16-14-24)19-22-11-12-26(34)27(35)17-22/h7,9-12,17-18,20,24,28H,6,8,13-16,19,36H2,1-5H3/t28-/m0/s1. The van der Waals surface area contributed by atoms with Crippen molar-refractivity contribution in [1.82, 2.24) is 14.2 Å². The molecule has 0 spiro atoms. The Morgan fingerprint density at radius 2 is 1.85 bits per heavy atom. The quantitative estimate of drug-likeness (QED) is 0.211. The van der Waals surface area contributed by atoms with E-state index < -0.39 is 23.6 Å². The highest BCUT2D eigenvalue weighted by Crippen LogP contribution is 2.35. The summed E-state index contributed by atoms with van der Waals surface area (Å²) in [4.78, 5) is 47.5. The molecule has 4 rings (SSSR count). The number of carbonyl (C=O) groups excluding carboxylic acids is 3. The maximum Gasteiger partial charge on any atom is 0.421 e. The van der Waals surface area contributed by atoms with Gasteiger partial charge in [-0.15, -0.1) is 11.3 Å². The third kappa shape index (κ3) is 9.68. The molecule has 1 aliphatic rings. The van der Waals surface area contributed by atoms with E-state index in [0.29, 0.717) is 34.3 Å². The molecule has 2 heterocycles. The topological polar surface area (TPSA) is 109 Å². The van der Waals surface area contributed by atoms with Crippen LogP contribution in [0.4, 0.5) is 10.5 Å². The van der Waals surface area contributed by atoms with Crippen LogP contribution in [-0.4, -0.2) is 62.9 Å². The van der Waals surface area contributed by atoms with Crippen LogP contribution in [0.1, 0.15) is 65.9 Å². The van der Waals surface area contributed by atoms with Gasteiger partial charge in [0.1, 0.15) is 5.60 Å². The number of anilines is 1. The number of ether oxygens (including phenoxy) is 1. The predicted molar refractivity (Wildman–Crippen MR) is 187 cm³/mol. The van der Waals surface area contributed by atoms with Gasteiger partial charge in [0.2, 0.25) is 5.91 Å². The van der Waals surface area contributed by atoms with Crippen LogP contribution >= 0.6 is 46.5 Å². The normalized spacial score (nSPS) is 15.0. The molecule has 1 saturated heterocycles. The van der Waals surface area contributed by atoms with Gasteiger partial charge in [-0.25, -0.2) is 14.7 Å². The maximum atomic E-state index is 13.3. The molecule has 248 valence electrons. The number of rotatable bonds is 10. The van der Waals surface area contributed by atoms with Gasteiger partial charge in [0.25, 0.3) is 5.91 Å². The Morgan fingerprint density at radius 3 is 2.48 bits per heavy atom. The number of piperidine rings is 1. The lowest BCUT2D eigenvalue weighted by Crippen LogP contribution is -2.48. The molecular weight excluding hydrogens is 665 g/mol. The number of carbonyl (C=O) groups is 3. The summed E-state index contributed by atoms with van der Waals surface area (Å²) >= 11 is 15.0. The van der Waals surface area contributed by atoms with E-state index >= 15 is 0 Å². The van der Waals surface area contributed by atoms with E-state index in [0.717, 1.165) is 52.8 Å². The van der Waals surface area contributed by atoms with Crippen LogP contribution in [0.25, 0.3) is 11.3 Å². The van der Waals surface area contributed by atoms with Gasteiger partial charge in [-0.1, -0.05) is 54.7 Å². The van der Waals surface area contributed by atoms with Crippen LogP contribution < -0.4 is 10.6 Å². The number of hydrogen-bond donors (Lipinski definition) is 1. The van der Waals surface area contributed by atoms with Gasteiger partial charge in [0.05, 0.1) is 27.5 Å². The molecule has 3 aromatic rings. The van der Waals surface area contributed by atoms with Crippen LogP contribution in [0.15, 0.2) is 52.2 Å². The van der Waals surface area contributed by atoms with Crippen molar-refractivity contribution in [3.05, 3.63) is 63.5 Å². The molecule has 1 aromatic heterocycles. The van der Waals surface area contributed by atoms with E-state index in [-0.39, 0.29) is 11.9 Å². The minimum atomic E-state index is -0.844. The number of aromatic nitrogens is 1. The van der Waals surface area contributed by atoms with Gasteiger partial charge in [-0.05, 0) is 69.9 Å². The third-order valence-corrected chi connectivity index (χ3v) is 10.2. The molecule has 0 aliphatic carbocycles. The zero-order valence-corrected chi connectivity index (χ0v) is 29.9. The average molecular weight is 707 g/mol. The van der Waals surface area contributed by atoms with Crippen LogP contribution in [0.3, 0.4) is 0 Å². The lowest BCUT2D eigenvalue weighted by molar-refractivity contribution is -0.126. The van der Waals surface area contributed by atoms with Crippen molar-refractivity contribution in [3.63, 3.8) is 0 Å². The fraction of sp³-hybridized carbons (Fsp3) is 0.455. The van der Waals surface area contributed by atoms with Crippen molar-refractivity contribution < 1.29 is 19.1 Å². The minimum Gasteiger partial charge on any atom is -0.443 e. The highest BCUT2D eigenvalue weighted by molar-refractivity contribution is 7.99. The largest absolute Gasteiger partial charge is 0.443 e. The molecule has 9 nitrogen and oxygen atoms in total. The monoisotopic (exact) mass is 705 g/mol. The Kier molecular flexibility index (Phi) is 12.5.